The number of quaternary nitrogens is 2. The van der Waals surface area contributed by atoms with Crippen molar-refractivity contribution >= 4 is 5.97 Å². The number of nitrogens with one attached hydrogen (secondary N) is 2. The zero-order valence-corrected chi connectivity index (χ0v) is 25.5. The summed E-state index contributed by atoms with van der Waals surface area (Å²) < 4.78 is 37.9. The molecule has 0 atom stereocenters. The molecule has 2 aromatic rings. The summed E-state index contributed by atoms with van der Waals surface area (Å²) in [4.78, 5) is 15.6. The number of carbonyl (C=O) groups excluding carboxylic acids is 1. The zero-order valence-electron chi connectivity index (χ0n) is 24.0. The first-order valence-electron chi connectivity index (χ1n) is 12.4. The van der Waals surface area contributed by atoms with Gasteiger partial charge in [0.1, 0.15) is 32.7 Å². The Balaban J connectivity index is 0.00000507. The molecule has 0 amide bonds. The highest BCUT2D eigenvalue weighted by atomic mass is 35.5. The lowest BCUT2D eigenvalue weighted by Gasteiger charge is -2.30. The molecule has 1 saturated heterocycles. The number of methoxy groups -OCH3 is 6. The standard InChI is InChI=1S/C27H38N2O8.2ClH.H2O/c1-31-21-14-19(15-22(32-2)25(21)35-5)18-29-11-9-28(10-12-29)8-7-13-37-27(30)20-16-23(33-3)26(36-6)24(17-20)34-4;;;/h14-17H,7-13,18H2,1-6H3;2*1H;1H2. The van der Waals surface area contributed by atoms with Gasteiger partial charge in [-0.25, -0.2) is 4.79 Å². The normalized spacial score (nSPS) is 15.8. The summed E-state index contributed by atoms with van der Waals surface area (Å²) in [5, 5.41) is 0. The molecule has 11 nitrogen and oxygen atoms in total. The number of halogens is 2. The summed E-state index contributed by atoms with van der Waals surface area (Å²) in [5.74, 6) is 2.85. The molecule has 1 aliphatic heterocycles. The van der Waals surface area contributed by atoms with Crippen molar-refractivity contribution in [3.8, 4) is 34.5 Å². The van der Waals surface area contributed by atoms with Crippen LogP contribution in [0.25, 0.3) is 0 Å². The molecule has 0 aromatic heterocycles. The summed E-state index contributed by atoms with van der Waals surface area (Å²) in [6.45, 7) is 6.49. The number of benzene rings is 2. The quantitative estimate of drug-likeness (QED) is 0.170. The Labute approximate surface area is 248 Å². The Hall–Kier alpha value is -2.83. The molecule has 1 aliphatic rings. The van der Waals surface area contributed by atoms with Crippen LogP contribution in [0.3, 0.4) is 0 Å². The molecule has 0 saturated carbocycles. The first-order valence-corrected chi connectivity index (χ1v) is 12.4. The fourth-order valence-corrected chi connectivity index (χ4v) is 4.68. The minimum Gasteiger partial charge on any atom is -1.00 e. The lowest BCUT2D eigenvalue weighted by atomic mass is 10.1. The molecular weight excluding hydrogens is 567 g/mol. The highest BCUT2D eigenvalue weighted by molar-refractivity contribution is 5.91. The van der Waals surface area contributed by atoms with Gasteiger partial charge < -0.3 is 73.2 Å². The van der Waals surface area contributed by atoms with Gasteiger partial charge in [0, 0.05) is 12.0 Å². The molecule has 1 fully saturated rings. The summed E-state index contributed by atoms with van der Waals surface area (Å²) in [6, 6.07) is 7.25. The van der Waals surface area contributed by atoms with E-state index in [-0.39, 0.29) is 30.3 Å². The summed E-state index contributed by atoms with van der Waals surface area (Å²) >= 11 is 0. The molecule has 0 aliphatic carbocycles. The molecule has 0 radical (unpaired) electrons. The van der Waals surface area contributed by atoms with Crippen LogP contribution in [0.1, 0.15) is 22.3 Å². The molecule has 0 spiro atoms. The van der Waals surface area contributed by atoms with Crippen LogP contribution in [0.5, 0.6) is 34.5 Å². The van der Waals surface area contributed by atoms with Gasteiger partial charge in [-0.05, 0) is 24.3 Å². The number of hydrogen-bond acceptors (Lipinski definition) is 8. The maximum atomic E-state index is 12.6. The summed E-state index contributed by atoms with van der Waals surface area (Å²) in [6.07, 6.45) is 0.799. The number of ether oxygens (including phenoxy) is 7. The van der Waals surface area contributed by atoms with Crippen molar-refractivity contribution in [2.45, 2.75) is 13.0 Å². The monoisotopic (exact) mass is 608 g/mol. The third-order valence-corrected chi connectivity index (χ3v) is 6.65. The second kappa shape index (κ2) is 18.5. The van der Waals surface area contributed by atoms with Crippen molar-refractivity contribution in [2.24, 2.45) is 0 Å². The first kappa shape index (κ1) is 37.2. The fraction of sp³-hybridized carbons (Fsp3) is 0.519. The zero-order chi connectivity index (χ0) is 26.8. The van der Waals surface area contributed by atoms with Gasteiger partial charge in [-0.15, -0.1) is 0 Å². The van der Waals surface area contributed by atoms with Crippen LogP contribution in [-0.2, 0) is 11.3 Å². The van der Waals surface area contributed by atoms with Crippen molar-refractivity contribution in [3.05, 3.63) is 35.4 Å². The Morgan fingerprint density at radius 1 is 0.675 bits per heavy atom. The van der Waals surface area contributed by atoms with Gasteiger partial charge in [-0.2, -0.15) is 0 Å². The Kier molecular flexibility index (Phi) is 17.2. The molecule has 40 heavy (non-hydrogen) atoms. The van der Waals surface area contributed by atoms with Crippen LogP contribution in [0, 0.1) is 0 Å². The number of hydrogen-bond donors (Lipinski definition) is 2. The van der Waals surface area contributed by atoms with Crippen LogP contribution in [0.2, 0.25) is 0 Å². The number of esters is 1. The van der Waals surface area contributed by atoms with E-state index in [4.69, 9.17) is 33.2 Å². The largest absolute Gasteiger partial charge is 1.00 e. The van der Waals surface area contributed by atoms with E-state index < -0.39 is 5.97 Å². The number of piperazine rings is 1. The van der Waals surface area contributed by atoms with E-state index in [2.05, 4.69) is 0 Å². The van der Waals surface area contributed by atoms with Crippen LogP contribution in [-0.4, -0.2) is 93.4 Å². The van der Waals surface area contributed by atoms with E-state index in [0.29, 0.717) is 46.7 Å². The van der Waals surface area contributed by atoms with Crippen LogP contribution in [0.15, 0.2) is 24.3 Å². The second-order valence-corrected chi connectivity index (χ2v) is 8.86. The van der Waals surface area contributed by atoms with Crippen LogP contribution >= 0.6 is 0 Å². The van der Waals surface area contributed by atoms with E-state index >= 15 is 0 Å². The average molecular weight is 610 g/mol. The molecule has 13 heteroatoms. The lowest BCUT2D eigenvalue weighted by molar-refractivity contribution is -1.02. The van der Waals surface area contributed by atoms with Crippen LogP contribution in [0.4, 0.5) is 0 Å². The Morgan fingerprint density at radius 3 is 1.52 bits per heavy atom. The van der Waals surface area contributed by atoms with Crippen molar-refractivity contribution in [2.75, 3.05) is 82.0 Å². The second-order valence-electron chi connectivity index (χ2n) is 8.86. The van der Waals surface area contributed by atoms with Gasteiger partial charge in [0.25, 0.3) is 0 Å². The van der Waals surface area contributed by atoms with Crippen molar-refractivity contribution in [1.82, 2.24) is 0 Å². The van der Waals surface area contributed by atoms with E-state index in [1.54, 1.807) is 33.5 Å². The lowest BCUT2D eigenvalue weighted by Crippen LogP contribution is -3.27. The maximum absolute atomic E-state index is 12.6. The minimum atomic E-state index is -0.408. The Bertz CT molecular complexity index is 1000. The molecule has 0 unspecified atom stereocenters. The van der Waals surface area contributed by atoms with Gasteiger partial charge in [-0.3, -0.25) is 0 Å². The van der Waals surface area contributed by atoms with Crippen molar-refractivity contribution in [1.29, 1.82) is 0 Å². The minimum absolute atomic E-state index is 0. The summed E-state index contributed by atoms with van der Waals surface area (Å²) in [5.41, 5.74) is 1.53. The molecule has 0 bridgehead atoms. The first-order chi connectivity index (χ1) is 18.0. The van der Waals surface area contributed by atoms with E-state index in [9.17, 15) is 4.79 Å². The van der Waals surface area contributed by atoms with Gasteiger partial charge in [0.2, 0.25) is 11.5 Å². The average Bonchev–Trinajstić information content (AvgIpc) is 2.94. The molecule has 228 valence electrons. The van der Waals surface area contributed by atoms with Gasteiger partial charge >= 0.3 is 5.97 Å². The van der Waals surface area contributed by atoms with E-state index in [1.165, 1.54) is 31.1 Å². The Morgan fingerprint density at radius 2 is 1.10 bits per heavy atom. The summed E-state index contributed by atoms with van der Waals surface area (Å²) in [7, 11) is 9.44. The predicted molar refractivity (Wildman–Crippen MR) is 141 cm³/mol. The molecule has 3 rings (SSSR count). The van der Waals surface area contributed by atoms with Gasteiger partial charge in [-0.1, -0.05) is 0 Å². The van der Waals surface area contributed by atoms with Crippen molar-refractivity contribution < 1.29 is 78.0 Å². The van der Waals surface area contributed by atoms with Crippen molar-refractivity contribution in [3.63, 3.8) is 0 Å². The predicted octanol–water partition coefficient (Wildman–Crippen LogP) is -6.55. The molecular formula is C27H42Cl2N2O9. The SMILES string of the molecule is COc1cc(C[NH+]2CC[NH+](CCCOC(=O)c3cc(OC)c(OC)c(OC)c3)CC2)cc(OC)c1OC.O.[Cl-].[Cl-]. The van der Waals surface area contributed by atoms with Crippen LogP contribution < -0.4 is 63.0 Å². The van der Waals surface area contributed by atoms with Gasteiger partial charge in [0.05, 0.1) is 61.4 Å². The molecule has 4 N–H and O–H groups in total. The topological polar surface area (TPSA) is 122 Å². The fourth-order valence-electron chi connectivity index (χ4n) is 4.68. The van der Waals surface area contributed by atoms with Gasteiger partial charge in [0.15, 0.2) is 23.0 Å². The number of carbonyl (C=O) groups is 1. The third-order valence-electron chi connectivity index (χ3n) is 6.65. The molecule has 2 aromatic carbocycles. The highest BCUT2D eigenvalue weighted by Gasteiger charge is 2.24. The van der Waals surface area contributed by atoms with E-state index in [1.807, 2.05) is 12.1 Å². The third kappa shape index (κ3) is 9.38. The highest BCUT2D eigenvalue weighted by Crippen LogP contribution is 2.39. The van der Waals surface area contributed by atoms with E-state index in [0.717, 1.165) is 51.3 Å². The molecule has 1 heterocycles. The smallest absolute Gasteiger partial charge is 0.338 e. The number of rotatable bonds is 13. The maximum Gasteiger partial charge on any atom is 0.338 e.